The minimum atomic E-state index is -0.480. The Balaban J connectivity index is 1.90. The lowest BCUT2D eigenvalue weighted by atomic mass is 9.95. The largest absolute Gasteiger partial charge is 0.381 e. The van der Waals surface area contributed by atoms with Crippen molar-refractivity contribution >= 4 is 0 Å². The van der Waals surface area contributed by atoms with Crippen LogP contribution in [-0.2, 0) is 9.47 Å². The van der Waals surface area contributed by atoms with Crippen molar-refractivity contribution in [1.82, 2.24) is 5.32 Å². The van der Waals surface area contributed by atoms with Crippen molar-refractivity contribution in [2.45, 2.75) is 57.2 Å². The Morgan fingerprint density at radius 3 is 2.50 bits per heavy atom. The van der Waals surface area contributed by atoms with E-state index in [-0.39, 0.29) is 6.10 Å². The molecule has 0 amide bonds. The first-order valence-corrected chi connectivity index (χ1v) is 7.04. The second-order valence-electron chi connectivity index (χ2n) is 5.78. The number of hydrogen-bond donors (Lipinski definition) is 1. The molecule has 1 N–H and O–H groups in total. The average molecular weight is 252 g/mol. The van der Waals surface area contributed by atoms with E-state index in [1.165, 1.54) is 0 Å². The van der Waals surface area contributed by atoms with Gasteiger partial charge >= 0.3 is 0 Å². The Bertz CT molecular complexity index is 303. The molecule has 1 unspecified atom stereocenters. The van der Waals surface area contributed by atoms with Gasteiger partial charge in [-0.3, -0.25) is 5.32 Å². The maximum Gasteiger partial charge on any atom is 0.133 e. The summed E-state index contributed by atoms with van der Waals surface area (Å²) in [5.74, 6) is 0.463. The van der Waals surface area contributed by atoms with Crippen LogP contribution < -0.4 is 5.32 Å². The van der Waals surface area contributed by atoms with E-state index in [0.29, 0.717) is 18.6 Å². The van der Waals surface area contributed by atoms with Gasteiger partial charge in [0.15, 0.2) is 0 Å². The van der Waals surface area contributed by atoms with Crippen LogP contribution in [0.15, 0.2) is 0 Å². The third kappa shape index (κ3) is 3.44. The van der Waals surface area contributed by atoms with Crippen molar-refractivity contribution in [1.29, 1.82) is 5.26 Å². The zero-order valence-corrected chi connectivity index (χ0v) is 11.4. The summed E-state index contributed by atoms with van der Waals surface area (Å²) in [7, 11) is 0. The lowest BCUT2D eigenvalue weighted by Gasteiger charge is -2.32. The highest BCUT2D eigenvalue weighted by molar-refractivity contribution is 5.16. The van der Waals surface area contributed by atoms with E-state index in [0.717, 1.165) is 38.9 Å². The van der Waals surface area contributed by atoms with Crippen LogP contribution in [0, 0.1) is 17.2 Å². The van der Waals surface area contributed by atoms with Crippen LogP contribution in [0.3, 0.4) is 0 Å². The number of rotatable bonds is 6. The van der Waals surface area contributed by atoms with Gasteiger partial charge in [-0.15, -0.1) is 0 Å². The van der Waals surface area contributed by atoms with Gasteiger partial charge in [-0.2, -0.15) is 5.26 Å². The molecule has 1 saturated carbocycles. The van der Waals surface area contributed by atoms with E-state index in [2.05, 4.69) is 25.2 Å². The molecule has 0 spiro atoms. The summed E-state index contributed by atoms with van der Waals surface area (Å²) in [6.07, 6.45) is 4.45. The predicted octanol–water partition coefficient (Wildman–Crippen LogP) is 1.85. The average Bonchev–Trinajstić information content (AvgIpc) is 3.20. The highest BCUT2D eigenvalue weighted by Gasteiger charge is 2.46. The van der Waals surface area contributed by atoms with Crippen LogP contribution in [0.1, 0.15) is 39.5 Å². The molecule has 1 aliphatic carbocycles. The maximum atomic E-state index is 9.55. The molecule has 1 atom stereocenters. The normalized spacial score (nSPS) is 24.8. The second-order valence-corrected chi connectivity index (χ2v) is 5.78. The molecule has 2 aliphatic rings. The predicted molar refractivity (Wildman–Crippen MR) is 69.1 cm³/mol. The Labute approximate surface area is 110 Å². The lowest BCUT2D eigenvalue weighted by Crippen LogP contribution is -2.53. The van der Waals surface area contributed by atoms with Gasteiger partial charge in [0.2, 0.25) is 0 Å². The Kier molecular flexibility index (Phi) is 4.60. The maximum absolute atomic E-state index is 9.55. The summed E-state index contributed by atoms with van der Waals surface area (Å²) in [5.41, 5.74) is -0.480. The topological polar surface area (TPSA) is 54.3 Å². The van der Waals surface area contributed by atoms with Gasteiger partial charge in [-0.05, 0) is 45.4 Å². The van der Waals surface area contributed by atoms with E-state index in [4.69, 9.17) is 9.47 Å². The van der Waals surface area contributed by atoms with Crippen LogP contribution in [-0.4, -0.2) is 37.5 Å². The van der Waals surface area contributed by atoms with Gasteiger partial charge in [-0.25, -0.2) is 0 Å². The van der Waals surface area contributed by atoms with E-state index in [1.54, 1.807) is 0 Å². The molecular formula is C14H24N2O2. The zero-order chi connectivity index (χ0) is 13.0. The first-order chi connectivity index (χ1) is 8.66. The number of nitriles is 1. The van der Waals surface area contributed by atoms with Crippen LogP contribution in [0.25, 0.3) is 0 Å². The van der Waals surface area contributed by atoms with E-state index in [1.807, 2.05) is 0 Å². The molecular weight excluding hydrogens is 228 g/mol. The second kappa shape index (κ2) is 6.01. The molecule has 4 nitrogen and oxygen atoms in total. The number of hydrogen-bond acceptors (Lipinski definition) is 4. The third-order valence-electron chi connectivity index (χ3n) is 3.74. The molecule has 2 fully saturated rings. The monoisotopic (exact) mass is 252 g/mol. The van der Waals surface area contributed by atoms with Crippen molar-refractivity contribution in [3.63, 3.8) is 0 Å². The van der Waals surface area contributed by atoms with Gasteiger partial charge in [-0.1, -0.05) is 0 Å². The molecule has 1 saturated heterocycles. The van der Waals surface area contributed by atoms with E-state index in [9.17, 15) is 5.26 Å². The van der Waals surface area contributed by atoms with Gasteiger partial charge in [0, 0.05) is 19.3 Å². The van der Waals surface area contributed by atoms with Crippen molar-refractivity contribution in [2.24, 2.45) is 5.92 Å². The molecule has 102 valence electrons. The number of nitrogens with one attached hydrogen (secondary N) is 1. The van der Waals surface area contributed by atoms with Crippen LogP contribution in [0.5, 0.6) is 0 Å². The smallest absolute Gasteiger partial charge is 0.133 e. The molecule has 1 heterocycles. The van der Waals surface area contributed by atoms with Crippen molar-refractivity contribution in [2.75, 3.05) is 19.8 Å². The van der Waals surface area contributed by atoms with Crippen LogP contribution in [0.2, 0.25) is 0 Å². The lowest BCUT2D eigenvalue weighted by molar-refractivity contribution is -0.0483. The van der Waals surface area contributed by atoms with E-state index >= 15 is 0 Å². The SMILES string of the molecule is CC(C)NC(C#N)(COC1CCOCC1)C1CC1. The summed E-state index contributed by atoms with van der Waals surface area (Å²) in [5, 5.41) is 13.0. The van der Waals surface area contributed by atoms with Crippen molar-refractivity contribution < 1.29 is 9.47 Å². The summed E-state index contributed by atoms with van der Waals surface area (Å²) < 4.78 is 11.3. The molecule has 0 aromatic carbocycles. The molecule has 4 heteroatoms. The first-order valence-electron chi connectivity index (χ1n) is 7.04. The van der Waals surface area contributed by atoms with Gasteiger partial charge in [0.05, 0.1) is 18.8 Å². The van der Waals surface area contributed by atoms with Crippen molar-refractivity contribution in [3.05, 3.63) is 0 Å². The molecule has 0 radical (unpaired) electrons. The van der Waals surface area contributed by atoms with Gasteiger partial charge in [0.1, 0.15) is 5.54 Å². The Morgan fingerprint density at radius 2 is 2.00 bits per heavy atom. The van der Waals surface area contributed by atoms with Gasteiger partial charge < -0.3 is 9.47 Å². The minimum Gasteiger partial charge on any atom is -0.381 e. The van der Waals surface area contributed by atoms with Crippen molar-refractivity contribution in [3.8, 4) is 6.07 Å². The fraction of sp³-hybridized carbons (Fsp3) is 0.929. The highest BCUT2D eigenvalue weighted by atomic mass is 16.5. The Hall–Kier alpha value is -0.630. The molecule has 0 aromatic heterocycles. The first kappa shape index (κ1) is 13.8. The van der Waals surface area contributed by atoms with Crippen LogP contribution in [0.4, 0.5) is 0 Å². The number of nitrogens with zero attached hydrogens (tertiary/aromatic N) is 1. The molecule has 0 bridgehead atoms. The van der Waals surface area contributed by atoms with Crippen LogP contribution >= 0.6 is 0 Å². The Morgan fingerprint density at radius 1 is 1.33 bits per heavy atom. The molecule has 18 heavy (non-hydrogen) atoms. The summed E-state index contributed by atoms with van der Waals surface area (Å²) in [6.45, 7) is 6.25. The highest BCUT2D eigenvalue weighted by Crippen LogP contribution is 2.40. The fourth-order valence-corrected chi connectivity index (χ4v) is 2.62. The molecule has 1 aliphatic heterocycles. The third-order valence-corrected chi connectivity index (χ3v) is 3.74. The quantitative estimate of drug-likeness (QED) is 0.784. The summed E-state index contributed by atoms with van der Waals surface area (Å²) in [6, 6.07) is 2.79. The molecule has 2 rings (SSSR count). The zero-order valence-electron chi connectivity index (χ0n) is 11.4. The minimum absolute atomic E-state index is 0.263. The summed E-state index contributed by atoms with van der Waals surface area (Å²) >= 11 is 0. The standard InChI is InChI=1S/C14H24N2O2/c1-11(2)16-14(9-15,12-3-4-12)10-18-13-5-7-17-8-6-13/h11-13,16H,3-8,10H2,1-2H3. The summed E-state index contributed by atoms with van der Waals surface area (Å²) in [4.78, 5) is 0. The number of ether oxygens (including phenoxy) is 2. The van der Waals surface area contributed by atoms with Gasteiger partial charge in [0.25, 0.3) is 0 Å². The molecule has 0 aromatic rings. The fourth-order valence-electron chi connectivity index (χ4n) is 2.62. The van der Waals surface area contributed by atoms with E-state index < -0.39 is 5.54 Å².